The van der Waals surface area contributed by atoms with Crippen LogP contribution in [-0.4, -0.2) is 0 Å². The summed E-state index contributed by atoms with van der Waals surface area (Å²) < 4.78 is 0. The third kappa shape index (κ3) is 2.93. The van der Waals surface area contributed by atoms with Crippen molar-refractivity contribution < 1.29 is 0 Å². The quantitative estimate of drug-likeness (QED) is 0.828. The first kappa shape index (κ1) is 11.1. The van der Waals surface area contributed by atoms with E-state index in [1.54, 1.807) is 0 Å². The molecule has 0 aliphatic heterocycles. The summed E-state index contributed by atoms with van der Waals surface area (Å²) in [6, 6.07) is 8.16. The Morgan fingerprint density at radius 3 is 2.09 bits per heavy atom. The first-order valence-corrected chi connectivity index (χ1v) is 4.33. The summed E-state index contributed by atoms with van der Waals surface area (Å²) in [6.45, 7) is 0.627. The van der Waals surface area contributed by atoms with E-state index in [1.807, 2.05) is 12.1 Å². The van der Waals surface area contributed by atoms with Crippen LogP contribution in [0.5, 0.6) is 0 Å². The van der Waals surface area contributed by atoms with Crippen LogP contribution >= 0.6 is 32.9 Å². The largest absolute Gasteiger partial charge is 0.326 e. The molecule has 0 aliphatic carbocycles. The van der Waals surface area contributed by atoms with E-state index in [9.17, 15) is 0 Å². The van der Waals surface area contributed by atoms with Gasteiger partial charge in [-0.3, -0.25) is 0 Å². The number of halogens is 2. The molecule has 0 aromatic heterocycles. The van der Waals surface area contributed by atoms with Crippen LogP contribution in [0.15, 0.2) is 24.3 Å². The zero-order valence-corrected chi connectivity index (χ0v) is 9.39. The lowest BCUT2D eigenvalue weighted by Crippen LogP contribution is -1.99. The van der Waals surface area contributed by atoms with Crippen LogP contribution in [0.3, 0.4) is 0 Å². The highest BCUT2D eigenvalue weighted by atomic mass is 79.9. The Morgan fingerprint density at radius 2 is 1.73 bits per heavy atom. The van der Waals surface area contributed by atoms with Crippen LogP contribution in [-0.2, 0) is 11.9 Å². The second-order valence-electron chi connectivity index (χ2n) is 2.11. The molecule has 0 heterocycles. The van der Waals surface area contributed by atoms with Gasteiger partial charge in [0.1, 0.15) is 0 Å². The summed E-state index contributed by atoms with van der Waals surface area (Å²) in [5, 5.41) is 0.889. The molecule has 3 heteroatoms. The fourth-order valence-electron chi connectivity index (χ4n) is 0.887. The van der Waals surface area contributed by atoms with Crippen LogP contribution in [0.25, 0.3) is 0 Å². The molecular formula is C8H11Br2N. The van der Waals surface area contributed by atoms with Crippen molar-refractivity contribution in [2.45, 2.75) is 11.9 Å². The number of hydrogen-bond acceptors (Lipinski definition) is 1. The third-order valence-electron chi connectivity index (χ3n) is 1.48. The van der Waals surface area contributed by atoms with E-state index in [0.29, 0.717) is 6.54 Å². The molecule has 0 aliphatic rings. The Hall–Kier alpha value is 0.140. The molecule has 0 spiro atoms. The molecule has 1 rings (SSSR count). The smallest absolute Gasteiger partial charge is 0.0286 e. The highest BCUT2D eigenvalue weighted by molar-refractivity contribution is 9.08. The monoisotopic (exact) mass is 279 g/mol. The maximum absolute atomic E-state index is 5.51. The maximum atomic E-state index is 5.51. The predicted molar refractivity (Wildman–Crippen MR) is 57.3 cm³/mol. The van der Waals surface area contributed by atoms with Gasteiger partial charge in [-0.2, -0.15) is 0 Å². The number of benzene rings is 1. The van der Waals surface area contributed by atoms with Crippen molar-refractivity contribution in [3.63, 3.8) is 0 Å². The topological polar surface area (TPSA) is 26.0 Å². The van der Waals surface area contributed by atoms with Crippen molar-refractivity contribution in [3.8, 4) is 0 Å². The van der Waals surface area contributed by atoms with Crippen LogP contribution in [0.2, 0.25) is 0 Å². The Kier molecular flexibility index (Phi) is 5.82. The van der Waals surface area contributed by atoms with E-state index in [0.717, 1.165) is 5.33 Å². The minimum Gasteiger partial charge on any atom is -0.326 e. The first-order valence-electron chi connectivity index (χ1n) is 3.21. The number of nitrogens with two attached hydrogens (primary N) is 1. The summed E-state index contributed by atoms with van der Waals surface area (Å²) >= 11 is 3.39. The maximum Gasteiger partial charge on any atom is 0.0286 e. The van der Waals surface area contributed by atoms with Crippen LogP contribution in [0, 0.1) is 0 Å². The minimum absolute atomic E-state index is 0. The highest BCUT2D eigenvalue weighted by Crippen LogP contribution is 2.10. The highest BCUT2D eigenvalue weighted by Gasteiger charge is 1.95. The summed E-state index contributed by atoms with van der Waals surface area (Å²) in [5.74, 6) is 0. The second-order valence-corrected chi connectivity index (χ2v) is 2.67. The van der Waals surface area contributed by atoms with E-state index in [-0.39, 0.29) is 17.0 Å². The summed E-state index contributed by atoms with van der Waals surface area (Å²) in [7, 11) is 0. The van der Waals surface area contributed by atoms with Crippen molar-refractivity contribution in [1.82, 2.24) is 0 Å². The fourth-order valence-corrected chi connectivity index (χ4v) is 1.43. The second kappa shape index (κ2) is 5.75. The first-order chi connectivity index (χ1) is 4.88. The van der Waals surface area contributed by atoms with Gasteiger partial charge >= 0.3 is 0 Å². The van der Waals surface area contributed by atoms with Crippen LogP contribution in [0.1, 0.15) is 11.1 Å². The van der Waals surface area contributed by atoms with E-state index in [1.165, 1.54) is 11.1 Å². The molecule has 0 fully saturated rings. The van der Waals surface area contributed by atoms with Gasteiger partial charge in [0.25, 0.3) is 0 Å². The Labute approximate surface area is 85.9 Å². The zero-order chi connectivity index (χ0) is 7.40. The number of alkyl halides is 1. The molecule has 0 atom stereocenters. The summed E-state index contributed by atoms with van der Waals surface area (Å²) in [5.41, 5.74) is 8.01. The lowest BCUT2D eigenvalue weighted by atomic mass is 10.1. The molecule has 0 radical (unpaired) electrons. The van der Waals surface area contributed by atoms with Gasteiger partial charge in [-0.1, -0.05) is 40.2 Å². The fraction of sp³-hybridized carbons (Fsp3) is 0.250. The molecule has 1 aromatic rings. The lowest BCUT2D eigenvalue weighted by Gasteiger charge is -2.01. The van der Waals surface area contributed by atoms with E-state index >= 15 is 0 Å². The average molecular weight is 281 g/mol. The Balaban J connectivity index is 0.000001000. The molecule has 2 N–H and O–H groups in total. The van der Waals surface area contributed by atoms with Gasteiger partial charge < -0.3 is 5.73 Å². The van der Waals surface area contributed by atoms with E-state index in [2.05, 4.69) is 28.1 Å². The van der Waals surface area contributed by atoms with Crippen molar-refractivity contribution >= 4 is 32.9 Å². The molecule has 0 unspecified atom stereocenters. The van der Waals surface area contributed by atoms with Gasteiger partial charge in [0, 0.05) is 11.9 Å². The Morgan fingerprint density at radius 1 is 1.18 bits per heavy atom. The van der Waals surface area contributed by atoms with Crippen molar-refractivity contribution in [2.24, 2.45) is 5.73 Å². The van der Waals surface area contributed by atoms with Gasteiger partial charge in [-0.15, -0.1) is 17.0 Å². The zero-order valence-electron chi connectivity index (χ0n) is 6.09. The molecule has 0 bridgehead atoms. The van der Waals surface area contributed by atoms with Gasteiger partial charge in [0.15, 0.2) is 0 Å². The van der Waals surface area contributed by atoms with E-state index < -0.39 is 0 Å². The standard InChI is InChI=1S/C8H10BrN.BrH/c9-5-7-3-1-2-4-8(7)6-10;/h1-4H,5-6,10H2;1H. The van der Waals surface area contributed by atoms with Crippen molar-refractivity contribution in [2.75, 3.05) is 0 Å². The number of hydrogen-bond donors (Lipinski definition) is 1. The van der Waals surface area contributed by atoms with Gasteiger partial charge in [0.05, 0.1) is 0 Å². The van der Waals surface area contributed by atoms with Crippen molar-refractivity contribution in [1.29, 1.82) is 0 Å². The molecule has 0 saturated carbocycles. The third-order valence-corrected chi connectivity index (χ3v) is 2.09. The molecular weight excluding hydrogens is 270 g/mol. The van der Waals surface area contributed by atoms with Crippen LogP contribution in [0.4, 0.5) is 0 Å². The minimum atomic E-state index is 0. The van der Waals surface area contributed by atoms with Crippen molar-refractivity contribution in [3.05, 3.63) is 35.4 Å². The number of rotatable bonds is 2. The molecule has 62 valence electrons. The molecule has 1 nitrogen and oxygen atoms in total. The van der Waals surface area contributed by atoms with Gasteiger partial charge in [-0.25, -0.2) is 0 Å². The molecule has 1 aromatic carbocycles. The Bertz CT molecular complexity index is 190. The summed E-state index contributed by atoms with van der Waals surface area (Å²) in [4.78, 5) is 0. The van der Waals surface area contributed by atoms with Crippen LogP contribution < -0.4 is 5.73 Å². The summed E-state index contributed by atoms with van der Waals surface area (Å²) in [6.07, 6.45) is 0. The molecule has 11 heavy (non-hydrogen) atoms. The lowest BCUT2D eigenvalue weighted by molar-refractivity contribution is 1.05. The molecule has 0 amide bonds. The predicted octanol–water partition coefficient (Wildman–Crippen LogP) is 2.62. The van der Waals surface area contributed by atoms with Gasteiger partial charge in [0.2, 0.25) is 0 Å². The van der Waals surface area contributed by atoms with E-state index in [4.69, 9.17) is 5.73 Å². The van der Waals surface area contributed by atoms with Gasteiger partial charge in [-0.05, 0) is 11.1 Å². The average Bonchev–Trinajstić information content (AvgIpc) is 2.04. The SMILES string of the molecule is Br.NCc1ccccc1CBr. The normalized spacial score (nSPS) is 8.91. The molecule has 0 saturated heterocycles.